The van der Waals surface area contributed by atoms with Gasteiger partial charge in [-0.15, -0.1) is 0 Å². The van der Waals surface area contributed by atoms with E-state index in [0.717, 1.165) is 23.5 Å². The van der Waals surface area contributed by atoms with Gasteiger partial charge in [-0.1, -0.05) is 0 Å². The van der Waals surface area contributed by atoms with E-state index in [1.807, 2.05) is 19.9 Å². The molecule has 0 aliphatic rings. The summed E-state index contributed by atoms with van der Waals surface area (Å²) in [5.41, 5.74) is 1.92. The molecule has 1 aromatic carbocycles. The Morgan fingerprint density at radius 2 is 1.71 bits per heavy atom. The first-order valence-electron chi connectivity index (χ1n) is 7.33. The average molecular weight is 335 g/mol. The maximum Gasteiger partial charge on any atom is 0.416 e. The van der Waals surface area contributed by atoms with Crippen LogP contribution in [0, 0.1) is 13.8 Å². The fraction of sp³-hybridized carbons (Fsp3) is 0.312. The van der Waals surface area contributed by atoms with E-state index >= 15 is 0 Å². The summed E-state index contributed by atoms with van der Waals surface area (Å²) in [6, 6.07) is 5.42. The van der Waals surface area contributed by atoms with Crippen molar-refractivity contribution in [2.45, 2.75) is 26.6 Å². The Balaban J connectivity index is 1.88. The Bertz CT molecular complexity index is 878. The Labute approximate surface area is 136 Å². The third-order valence-corrected chi connectivity index (χ3v) is 3.69. The maximum atomic E-state index is 12.8. The number of hydrogen-bond donors (Lipinski definition) is 1. The molecule has 0 bridgehead atoms. The van der Waals surface area contributed by atoms with Crippen LogP contribution in [0.1, 0.15) is 22.8 Å². The van der Waals surface area contributed by atoms with Gasteiger partial charge < -0.3 is 9.88 Å². The van der Waals surface area contributed by atoms with Crippen LogP contribution in [-0.4, -0.2) is 19.5 Å². The van der Waals surface area contributed by atoms with Crippen LogP contribution in [0.3, 0.4) is 0 Å². The number of imidazole rings is 1. The Morgan fingerprint density at radius 3 is 2.33 bits per heavy atom. The van der Waals surface area contributed by atoms with E-state index in [4.69, 9.17) is 0 Å². The summed E-state index contributed by atoms with van der Waals surface area (Å²) in [7, 11) is 1.77. The summed E-state index contributed by atoms with van der Waals surface area (Å²) < 4.78 is 40.2. The lowest BCUT2D eigenvalue weighted by Crippen LogP contribution is -2.09. The van der Waals surface area contributed by atoms with Crippen molar-refractivity contribution in [3.8, 4) is 0 Å². The van der Waals surface area contributed by atoms with Crippen LogP contribution < -0.4 is 5.32 Å². The van der Waals surface area contributed by atoms with E-state index < -0.39 is 11.7 Å². The van der Waals surface area contributed by atoms with Crippen molar-refractivity contribution in [3.63, 3.8) is 0 Å². The molecule has 0 spiro atoms. The molecular formula is C16H16F3N5. The number of alkyl halides is 3. The number of aryl methyl sites for hydroxylation is 3. The number of nitrogens with one attached hydrogen (secondary N) is 1. The smallest absolute Gasteiger partial charge is 0.347 e. The zero-order valence-electron chi connectivity index (χ0n) is 13.4. The summed E-state index contributed by atoms with van der Waals surface area (Å²) in [6.07, 6.45) is -4.38. The van der Waals surface area contributed by atoms with Crippen molar-refractivity contribution in [3.05, 3.63) is 47.0 Å². The van der Waals surface area contributed by atoms with Crippen molar-refractivity contribution in [1.29, 1.82) is 0 Å². The Morgan fingerprint density at radius 1 is 1.04 bits per heavy atom. The molecule has 0 atom stereocenters. The molecule has 2 heterocycles. The van der Waals surface area contributed by atoms with Gasteiger partial charge in [0.25, 0.3) is 0 Å². The average Bonchev–Trinajstić information content (AvgIpc) is 2.79. The third kappa shape index (κ3) is 3.17. The van der Waals surface area contributed by atoms with E-state index in [1.54, 1.807) is 11.6 Å². The molecule has 5 nitrogen and oxygen atoms in total. The summed E-state index contributed by atoms with van der Waals surface area (Å²) in [5.74, 6) is 1.07. The highest BCUT2D eigenvalue weighted by Gasteiger charge is 2.31. The minimum Gasteiger partial charge on any atom is -0.347 e. The van der Waals surface area contributed by atoms with Gasteiger partial charge in [-0.3, -0.25) is 0 Å². The Kier molecular flexibility index (Phi) is 3.90. The predicted octanol–water partition coefficient (Wildman–Crippen LogP) is 3.61. The second-order valence-corrected chi connectivity index (χ2v) is 5.62. The number of nitrogens with zero attached hydrogens (tertiary/aromatic N) is 4. The summed E-state index contributed by atoms with van der Waals surface area (Å²) in [5, 5.41) is 3.06. The quantitative estimate of drug-likeness (QED) is 0.794. The van der Waals surface area contributed by atoms with Gasteiger partial charge in [0.1, 0.15) is 5.82 Å². The fourth-order valence-corrected chi connectivity index (χ4v) is 2.55. The monoisotopic (exact) mass is 335 g/mol. The minimum atomic E-state index is -4.38. The molecule has 0 saturated heterocycles. The van der Waals surface area contributed by atoms with Crippen LogP contribution in [0.5, 0.6) is 0 Å². The normalized spacial score (nSPS) is 11.9. The molecule has 2 aromatic heterocycles. The third-order valence-electron chi connectivity index (χ3n) is 3.69. The number of halogens is 3. The second kappa shape index (κ2) is 5.77. The lowest BCUT2D eigenvalue weighted by Gasteiger charge is -2.07. The number of benzene rings is 1. The zero-order valence-corrected chi connectivity index (χ0v) is 13.4. The molecule has 24 heavy (non-hydrogen) atoms. The summed E-state index contributed by atoms with van der Waals surface area (Å²) >= 11 is 0. The Hall–Kier alpha value is -2.64. The first-order valence-corrected chi connectivity index (χ1v) is 7.33. The molecule has 3 rings (SSSR count). The van der Waals surface area contributed by atoms with Crippen LogP contribution in [0.25, 0.3) is 11.0 Å². The van der Waals surface area contributed by atoms with E-state index in [1.165, 1.54) is 6.07 Å². The standard InChI is InChI=1S/C16H16F3N5/c1-9-6-10(2)22-15(21-9)20-8-14-23-12-7-11(16(17,18)19)4-5-13(12)24(14)3/h4-7H,8H2,1-3H3,(H,20,21,22). The van der Waals surface area contributed by atoms with Crippen LogP contribution in [0.2, 0.25) is 0 Å². The topological polar surface area (TPSA) is 55.6 Å². The lowest BCUT2D eigenvalue weighted by molar-refractivity contribution is -0.137. The maximum absolute atomic E-state index is 12.8. The van der Waals surface area contributed by atoms with E-state index in [9.17, 15) is 13.2 Å². The van der Waals surface area contributed by atoms with Gasteiger partial charge in [0.15, 0.2) is 0 Å². The highest BCUT2D eigenvalue weighted by molar-refractivity contribution is 5.77. The molecule has 0 aliphatic heterocycles. The number of aromatic nitrogens is 4. The number of rotatable bonds is 3. The predicted molar refractivity (Wildman–Crippen MR) is 84.5 cm³/mol. The van der Waals surface area contributed by atoms with Crippen molar-refractivity contribution < 1.29 is 13.2 Å². The van der Waals surface area contributed by atoms with Gasteiger partial charge in [-0.25, -0.2) is 15.0 Å². The van der Waals surface area contributed by atoms with Crippen molar-refractivity contribution >= 4 is 17.0 Å². The van der Waals surface area contributed by atoms with E-state index in [0.29, 0.717) is 29.4 Å². The highest BCUT2D eigenvalue weighted by atomic mass is 19.4. The molecule has 0 saturated carbocycles. The van der Waals surface area contributed by atoms with Gasteiger partial charge in [0.05, 0.1) is 23.1 Å². The number of fused-ring (bicyclic) bond motifs is 1. The van der Waals surface area contributed by atoms with E-state index in [2.05, 4.69) is 20.3 Å². The van der Waals surface area contributed by atoms with E-state index in [-0.39, 0.29) is 0 Å². The van der Waals surface area contributed by atoms with Crippen LogP contribution >= 0.6 is 0 Å². The molecule has 1 N–H and O–H groups in total. The second-order valence-electron chi connectivity index (χ2n) is 5.62. The molecule has 0 unspecified atom stereocenters. The van der Waals surface area contributed by atoms with Gasteiger partial charge >= 0.3 is 6.18 Å². The van der Waals surface area contributed by atoms with Gasteiger partial charge in [-0.2, -0.15) is 13.2 Å². The SMILES string of the molecule is Cc1cc(C)nc(NCc2nc3cc(C(F)(F)F)ccc3n2C)n1. The molecule has 0 radical (unpaired) electrons. The van der Waals surface area contributed by atoms with Crippen LogP contribution in [-0.2, 0) is 19.8 Å². The number of hydrogen-bond acceptors (Lipinski definition) is 4. The van der Waals surface area contributed by atoms with Gasteiger partial charge in [-0.05, 0) is 38.1 Å². The molecular weight excluding hydrogens is 319 g/mol. The highest BCUT2D eigenvalue weighted by Crippen LogP contribution is 2.31. The van der Waals surface area contributed by atoms with Gasteiger partial charge in [0, 0.05) is 18.4 Å². The zero-order chi connectivity index (χ0) is 17.5. The molecule has 0 fully saturated rings. The molecule has 0 aliphatic carbocycles. The largest absolute Gasteiger partial charge is 0.416 e. The van der Waals surface area contributed by atoms with Crippen molar-refractivity contribution in [2.75, 3.05) is 5.32 Å². The summed E-state index contributed by atoms with van der Waals surface area (Å²) in [6.45, 7) is 4.05. The fourth-order valence-electron chi connectivity index (χ4n) is 2.55. The minimum absolute atomic E-state index is 0.311. The molecule has 3 aromatic rings. The molecule has 126 valence electrons. The summed E-state index contributed by atoms with van der Waals surface area (Å²) in [4.78, 5) is 12.8. The van der Waals surface area contributed by atoms with Crippen molar-refractivity contribution in [1.82, 2.24) is 19.5 Å². The first kappa shape index (κ1) is 16.2. The molecule has 8 heteroatoms. The molecule has 0 amide bonds. The first-order chi connectivity index (χ1) is 11.2. The lowest BCUT2D eigenvalue weighted by atomic mass is 10.2. The van der Waals surface area contributed by atoms with Crippen molar-refractivity contribution in [2.24, 2.45) is 7.05 Å². The van der Waals surface area contributed by atoms with Crippen LogP contribution in [0.4, 0.5) is 19.1 Å². The van der Waals surface area contributed by atoms with Crippen LogP contribution in [0.15, 0.2) is 24.3 Å². The van der Waals surface area contributed by atoms with Gasteiger partial charge in [0.2, 0.25) is 5.95 Å². The number of anilines is 1.